The first kappa shape index (κ1) is 9.69. The molecule has 0 amide bonds. The van der Waals surface area contributed by atoms with Gasteiger partial charge in [0.1, 0.15) is 11.5 Å². The second-order valence-corrected chi connectivity index (χ2v) is 5.74. The zero-order valence-corrected chi connectivity index (χ0v) is 9.87. The van der Waals surface area contributed by atoms with E-state index < -0.39 is 0 Å². The summed E-state index contributed by atoms with van der Waals surface area (Å²) in [6.07, 6.45) is 5.19. The highest BCUT2D eigenvalue weighted by molar-refractivity contribution is 5.91. The van der Waals surface area contributed by atoms with Crippen LogP contribution in [0.2, 0.25) is 0 Å². The van der Waals surface area contributed by atoms with Crippen LogP contribution in [0.4, 0.5) is 0 Å². The van der Waals surface area contributed by atoms with Gasteiger partial charge in [0.25, 0.3) is 0 Å². The molecule has 1 aromatic rings. The van der Waals surface area contributed by atoms with Crippen molar-refractivity contribution in [2.24, 2.45) is 11.3 Å². The Morgan fingerprint density at radius 1 is 1.47 bits per heavy atom. The molecule has 2 fully saturated rings. The molecule has 2 nitrogen and oxygen atoms in total. The van der Waals surface area contributed by atoms with E-state index in [4.69, 9.17) is 4.74 Å². The Bertz CT molecular complexity index is 502. The van der Waals surface area contributed by atoms with Crippen molar-refractivity contribution in [3.8, 4) is 5.75 Å². The molecule has 2 aliphatic carbocycles. The van der Waals surface area contributed by atoms with Crippen molar-refractivity contribution in [3.05, 3.63) is 29.3 Å². The molecule has 2 unspecified atom stereocenters. The van der Waals surface area contributed by atoms with E-state index in [9.17, 15) is 4.79 Å². The van der Waals surface area contributed by atoms with Gasteiger partial charge in [-0.25, -0.2) is 0 Å². The number of ketones is 1. The van der Waals surface area contributed by atoms with E-state index >= 15 is 0 Å². The minimum absolute atomic E-state index is 0.125. The lowest BCUT2D eigenvalue weighted by Crippen LogP contribution is -2.26. The van der Waals surface area contributed by atoms with Gasteiger partial charge in [0.2, 0.25) is 0 Å². The topological polar surface area (TPSA) is 26.3 Å². The molecule has 2 atom stereocenters. The van der Waals surface area contributed by atoms with Gasteiger partial charge in [0, 0.05) is 18.3 Å². The molecule has 2 heteroatoms. The van der Waals surface area contributed by atoms with Crippen LogP contribution in [0.5, 0.6) is 5.75 Å². The number of ether oxygens (including phenoxy) is 1. The summed E-state index contributed by atoms with van der Waals surface area (Å²) in [7, 11) is 0. The number of hydrogen-bond acceptors (Lipinski definition) is 2. The van der Waals surface area contributed by atoms with E-state index in [0.717, 1.165) is 43.1 Å². The number of carbonyl (C=O) groups is 1. The number of hydrogen-bond donors (Lipinski definition) is 0. The summed E-state index contributed by atoms with van der Waals surface area (Å²) in [5.74, 6) is 2.20. The maximum atomic E-state index is 12.2. The third kappa shape index (κ3) is 1.30. The predicted molar refractivity (Wildman–Crippen MR) is 64.1 cm³/mol. The van der Waals surface area contributed by atoms with Crippen molar-refractivity contribution < 1.29 is 9.53 Å². The van der Waals surface area contributed by atoms with Crippen LogP contribution < -0.4 is 4.74 Å². The minimum Gasteiger partial charge on any atom is -0.493 e. The molecular formula is C15H16O2. The molecule has 4 rings (SSSR count). The lowest BCUT2D eigenvalue weighted by Gasteiger charge is -2.23. The lowest BCUT2D eigenvalue weighted by molar-refractivity contribution is -0.126. The molecule has 1 heterocycles. The fourth-order valence-electron chi connectivity index (χ4n) is 3.44. The van der Waals surface area contributed by atoms with Gasteiger partial charge in [0.05, 0.1) is 6.61 Å². The molecule has 3 aliphatic rings. The van der Waals surface area contributed by atoms with E-state index in [1.165, 1.54) is 12.0 Å². The molecule has 0 saturated heterocycles. The van der Waals surface area contributed by atoms with Gasteiger partial charge in [-0.1, -0.05) is 12.1 Å². The molecule has 17 heavy (non-hydrogen) atoms. The number of carbonyl (C=O) groups excluding carboxylic acids is 1. The highest BCUT2D eigenvalue weighted by Crippen LogP contribution is 2.68. The molecular weight excluding hydrogens is 212 g/mol. The summed E-state index contributed by atoms with van der Waals surface area (Å²) in [6, 6.07) is 6.28. The Kier molecular flexibility index (Phi) is 1.78. The molecule has 0 bridgehead atoms. The Morgan fingerprint density at radius 2 is 2.41 bits per heavy atom. The molecule has 0 aromatic heterocycles. The summed E-state index contributed by atoms with van der Waals surface area (Å²) in [5, 5.41) is 0. The summed E-state index contributed by atoms with van der Waals surface area (Å²) >= 11 is 0. The Labute approximate surface area is 101 Å². The van der Waals surface area contributed by atoms with Gasteiger partial charge < -0.3 is 4.74 Å². The van der Waals surface area contributed by atoms with Crippen LogP contribution in [0.15, 0.2) is 18.2 Å². The lowest BCUT2D eigenvalue weighted by atomic mass is 9.79. The normalized spacial score (nSPS) is 32.1. The second kappa shape index (κ2) is 3.12. The van der Waals surface area contributed by atoms with Gasteiger partial charge in [-0.3, -0.25) is 4.79 Å². The second-order valence-electron chi connectivity index (χ2n) is 5.74. The molecule has 0 radical (unpaired) electrons. The van der Waals surface area contributed by atoms with Gasteiger partial charge in [-0.05, 0) is 42.4 Å². The zero-order chi connectivity index (χ0) is 11.5. The summed E-state index contributed by atoms with van der Waals surface area (Å²) in [4.78, 5) is 12.2. The van der Waals surface area contributed by atoms with E-state index in [1.807, 2.05) is 0 Å². The SMILES string of the molecule is O=C(Cc1ccc2c(c1)OCC2)C12CCC1C2. The number of benzene rings is 1. The molecule has 1 aromatic carbocycles. The Hall–Kier alpha value is -1.31. The maximum Gasteiger partial charge on any atom is 0.143 e. The van der Waals surface area contributed by atoms with Crippen LogP contribution in [0.1, 0.15) is 30.4 Å². The van der Waals surface area contributed by atoms with Crippen molar-refractivity contribution in [2.75, 3.05) is 6.61 Å². The standard InChI is InChI=1S/C15H16O2/c16-14(15-5-3-12(15)9-15)8-10-1-2-11-4-6-17-13(11)7-10/h1-2,7,12H,3-6,8-9H2. The van der Waals surface area contributed by atoms with Gasteiger partial charge in [-0.2, -0.15) is 0 Å². The quantitative estimate of drug-likeness (QED) is 0.794. The van der Waals surface area contributed by atoms with Crippen molar-refractivity contribution in [1.29, 1.82) is 0 Å². The fourth-order valence-corrected chi connectivity index (χ4v) is 3.44. The van der Waals surface area contributed by atoms with E-state index in [-0.39, 0.29) is 5.41 Å². The summed E-state index contributed by atoms with van der Waals surface area (Å²) < 4.78 is 5.55. The Morgan fingerprint density at radius 3 is 3.12 bits per heavy atom. The van der Waals surface area contributed by atoms with Gasteiger partial charge in [-0.15, -0.1) is 0 Å². The Balaban J connectivity index is 1.54. The largest absolute Gasteiger partial charge is 0.493 e. The third-order valence-electron chi connectivity index (χ3n) is 4.85. The van der Waals surface area contributed by atoms with E-state index in [0.29, 0.717) is 12.2 Å². The first-order valence-corrected chi connectivity index (χ1v) is 6.56. The van der Waals surface area contributed by atoms with Crippen molar-refractivity contribution in [3.63, 3.8) is 0 Å². The molecule has 1 aliphatic heterocycles. The van der Waals surface area contributed by atoms with Gasteiger partial charge in [0.15, 0.2) is 0 Å². The molecule has 0 spiro atoms. The summed E-state index contributed by atoms with van der Waals surface area (Å²) in [5.41, 5.74) is 2.54. The van der Waals surface area contributed by atoms with E-state index in [1.54, 1.807) is 0 Å². The van der Waals surface area contributed by atoms with Crippen LogP contribution in [-0.4, -0.2) is 12.4 Å². The van der Waals surface area contributed by atoms with Crippen LogP contribution in [0.25, 0.3) is 0 Å². The highest BCUT2D eigenvalue weighted by atomic mass is 16.5. The van der Waals surface area contributed by atoms with Crippen molar-refractivity contribution >= 4 is 5.78 Å². The van der Waals surface area contributed by atoms with Crippen LogP contribution in [-0.2, 0) is 17.6 Å². The number of rotatable bonds is 3. The smallest absolute Gasteiger partial charge is 0.143 e. The molecule has 2 saturated carbocycles. The van der Waals surface area contributed by atoms with Crippen molar-refractivity contribution in [1.82, 2.24) is 0 Å². The third-order valence-corrected chi connectivity index (χ3v) is 4.85. The first-order valence-electron chi connectivity index (χ1n) is 6.56. The molecule has 0 N–H and O–H groups in total. The zero-order valence-electron chi connectivity index (χ0n) is 9.87. The van der Waals surface area contributed by atoms with E-state index in [2.05, 4.69) is 18.2 Å². The monoisotopic (exact) mass is 228 g/mol. The first-order chi connectivity index (χ1) is 8.28. The number of fused-ring (bicyclic) bond motifs is 2. The summed E-state index contributed by atoms with van der Waals surface area (Å²) in [6.45, 7) is 0.790. The maximum absolute atomic E-state index is 12.2. The average molecular weight is 228 g/mol. The van der Waals surface area contributed by atoms with Crippen LogP contribution >= 0.6 is 0 Å². The molecule has 88 valence electrons. The highest BCUT2D eigenvalue weighted by Gasteiger charge is 2.64. The van der Waals surface area contributed by atoms with Crippen LogP contribution in [0, 0.1) is 11.3 Å². The van der Waals surface area contributed by atoms with Crippen molar-refractivity contribution in [2.45, 2.75) is 32.1 Å². The van der Waals surface area contributed by atoms with Crippen LogP contribution in [0.3, 0.4) is 0 Å². The number of Topliss-reactive ketones (excluding diaryl/α,β-unsaturated/α-hetero) is 1. The minimum atomic E-state index is 0.125. The average Bonchev–Trinajstić information content (AvgIpc) is 2.70. The predicted octanol–water partition coefficient (Wildman–Crippen LogP) is 2.53. The van der Waals surface area contributed by atoms with Gasteiger partial charge >= 0.3 is 0 Å². The fraction of sp³-hybridized carbons (Fsp3) is 0.533.